The first-order valence-corrected chi connectivity index (χ1v) is 5.59. The average Bonchev–Trinajstić information content (AvgIpc) is 2.26. The molecule has 0 aromatic heterocycles. The van der Waals surface area contributed by atoms with Crippen LogP contribution < -0.4 is 5.73 Å². The lowest BCUT2D eigenvalue weighted by atomic mass is 9.97. The fraction of sp³-hybridized carbons (Fsp3) is 0.909. The van der Waals surface area contributed by atoms with Gasteiger partial charge in [0.1, 0.15) is 0 Å². The molecule has 0 bridgehead atoms. The summed E-state index contributed by atoms with van der Waals surface area (Å²) < 4.78 is 10.6. The number of esters is 1. The number of nitrogens with two attached hydrogens (primary N) is 1. The number of hydrogen-bond acceptors (Lipinski definition) is 4. The molecule has 0 saturated carbocycles. The third-order valence-corrected chi connectivity index (χ3v) is 2.71. The monoisotopic (exact) mass is 217 g/mol. The summed E-state index contributed by atoms with van der Waals surface area (Å²) >= 11 is 0. The zero-order chi connectivity index (χ0) is 11.9. The molecule has 0 amide bonds. The van der Waals surface area contributed by atoms with E-state index in [4.69, 9.17) is 15.2 Å². The Morgan fingerprint density at radius 2 is 1.87 bits per heavy atom. The maximum absolute atomic E-state index is 11.4. The van der Waals surface area contributed by atoms with E-state index in [0.717, 1.165) is 12.8 Å². The van der Waals surface area contributed by atoms with Crippen LogP contribution in [-0.2, 0) is 14.3 Å². The molecule has 0 aliphatic heterocycles. The van der Waals surface area contributed by atoms with Gasteiger partial charge in [0.25, 0.3) is 0 Å². The lowest BCUT2D eigenvalue weighted by Crippen LogP contribution is -2.44. The summed E-state index contributed by atoms with van der Waals surface area (Å²) in [7, 11) is 0. The van der Waals surface area contributed by atoms with Gasteiger partial charge in [-0.3, -0.25) is 0 Å². The van der Waals surface area contributed by atoms with E-state index in [1.54, 1.807) is 13.8 Å². The highest BCUT2D eigenvalue weighted by atomic mass is 16.6. The van der Waals surface area contributed by atoms with Crippen molar-refractivity contribution in [3.63, 3.8) is 0 Å². The molecular weight excluding hydrogens is 194 g/mol. The van der Waals surface area contributed by atoms with E-state index in [-0.39, 0.29) is 5.97 Å². The van der Waals surface area contributed by atoms with Crippen LogP contribution in [0.4, 0.5) is 0 Å². The second-order valence-electron chi connectivity index (χ2n) is 3.61. The third-order valence-electron chi connectivity index (χ3n) is 2.71. The Morgan fingerprint density at radius 3 is 2.20 bits per heavy atom. The Labute approximate surface area is 92.1 Å². The van der Waals surface area contributed by atoms with Gasteiger partial charge in [0, 0.05) is 6.54 Å². The molecule has 0 saturated heterocycles. The second kappa shape index (κ2) is 6.80. The van der Waals surface area contributed by atoms with Crippen molar-refractivity contribution in [2.24, 2.45) is 5.73 Å². The van der Waals surface area contributed by atoms with Crippen molar-refractivity contribution in [1.82, 2.24) is 0 Å². The van der Waals surface area contributed by atoms with Gasteiger partial charge in [0.05, 0.1) is 12.2 Å². The van der Waals surface area contributed by atoms with Gasteiger partial charge in [-0.2, -0.15) is 0 Å². The van der Waals surface area contributed by atoms with E-state index in [0.29, 0.717) is 13.2 Å². The summed E-state index contributed by atoms with van der Waals surface area (Å²) in [4.78, 5) is 11.4. The van der Waals surface area contributed by atoms with Gasteiger partial charge in [-0.15, -0.1) is 0 Å². The van der Waals surface area contributed by atoms with Gasteiger partial charge in [-0.25, -0.2) is 4.79 Å². The number of rotatable bonds is 7. The van der Waals surface area contributed by atoms with Gasteiger partial charge in [-0.05, 0) is 26.7 Å². The quantitative estimate of drug-likeness (QED) is 0.656. The van der Waals surface area contributed by atoms with Crippen molar-refractivity contribution in [2.45, 2.75) is 52.2 Å². The first-order valence-electron chi connectivity index (χ1n) is 5.59. The Balaban J connectivity index is 4.34. The molecule has 4 nitrogen and oxygen atoms in total. The van der Waals surface area contributed by atoms with E-state index in [9.17, 15) is 4.79 Å². The van der Waals surface area contributed by atoms with Crippen molar-refractivity contribution in [3.05, 3.63) is 0 Å². The fourth-order valence-electron chi connectivity index (χ4n) is 1.44. The molecule has 0 radical (unpaired) electrons. The van der Waals surface area contributed by atoms with Gasteiger partial charge >= 0.3 is 5.97 Å². The van der Waals surface area contributed by atoms with Gasteiger partial charge < -0.3 is 15.2 Å². The summed E-state index contributed by atoms with van der Waals surface area (Å²) in [6.45, 7) is 8.29. The highest BCUT2D eigenvalue weighted by Gasteiger charge is 2.30. The molecule has 0 aromatic carbocycles. The van der Waals surface area contributed by atoms with Crippen LogP contribution in [0.5, 0.6) is 0 Å². The number of carbonyl (C=O) groups excluding carboxylic acids is 1. The van der Waals surface area contributed by atoms with E-state index < -0.39 is 11.7 Å². The predicted molar refractivity (Wildman–Crippen MR) is 59.5 cm³/mol. The van der Waals surface area contributed by atoms with Crippen molar-refractivity contribution < 1.29 is 14.3 Å². The number of ether oxygens (including phenoxy) is 2. The molecule has 0 aliphatic rings. The number of carbonyl (C=O) groups is 1. The molecule has 90 valence electrons. The van der Waals surface area contributed by atoms with E-state index in [1.165, 1.54) is 0 Å². The molecule has 1 unspecified atom stereocenters. The van der Waals surface area contributed by atoms with E-state index in [1.807, 2.05) is 13.8 Å². The van der Waals surface area contributed by atoms with Crippen LogP contribution in [0.15, 0.2) is 0 Å². The van der Waals surface area contributed by atoms with Crippen molar-refractivity contribution >= 4 is 5.97 Å². The lowest BCUT2D eigenvalue weighted by molar-refractivity contribution is -0.168. The van der Waals surface area contributed by atoms with Crippen LogP contribution in [0.25, 0.3) is 0 Å². The van der Waals surface area contributed by atoms with Gasteiger partial charge in [0.2, 0.25) is 0 Å². The average molecular weight is 217 g/mol. The standard InChI is InChI=1S/C11H23NO3/c1-5-11(6-2,8-12)15-9(4)10(13)14-7-3/h9H,5-8,12H2,1-4H3. The molecule has 0 heterocycles. The van der Waals surface area contributed by atoms with Gasteiger partial charge in [-0.1, -0.05) is 13.8 Å². The molecule has 0 rings (SSSR count). The highest BCUT2D eigenvalue weighted by molar-refractivity contribution is 5.74. The summed E-state index contributed by atoms with van der Waals surface area (Å²) in [6.07, 6.45) is 1.04. The Hall–Kier alpha value is -0.610. The Kier molecular flexibility index (Phi) is 6.52. The molecule has 4 heteroatoms. The zero-order valence-electron chi connectivity index (χ0n) is 10.2. The summed E-state index contributed by atoms with van der Waals surface area (Å²) in [5.41, 5.74) is 5.28. The smallest absolute Gasteiger partial charge is 0.334 e. The maximum Gasteiger partial charge on any atom is 0.334 e. The molecule has 0 aromatic rings. The molecule has 1 atom stereocenters. The molecule has 15 heavy (non-hydrogen) atoms. The minimum Gasteiger partial charge on any atom is -0.464 e. The van der Waals surface area contributed by atoms with E-state index in [2.05, 4.69) is 0 Å². The molecule has 0 aliphatic carbocycles. The van der Waals surface area contributed by atoms with Crippen LogP contribution in [0.2, 0.25) is 0 Å². The summed E-state index contributed by atoms with van der Waals surface area (Å²) in [5, 5.41) is 0. The van der Waals surface area contributed by atoms with E-state index >= 15 is 0 Å². The van der Waals surface area contributed by atoms with Crippen LogP contribution in [0, 0.1) is 0 Å². The predicted octanol–water partition coefficient (Wildman–Crippen LogP) is 1.47. The van der Waals surface area contributed by atoms with Crippen LogP contribution in [0.3, 0.4) is 0 Å². The number of hydrogen-bond donors (Lipinski definition) is 1. The molecule has 2 N–H and O–H groups in total. The summed E-state index contributed by atoms with van der Waals surface area (Å²) in [5.74, 6) is -0.322. The highest BCUT2D eigenvalue weighted by Crippen LogP contribution is 2.21. The van der Waals surface area contributed by atoms with Crippen molar-refractivity contribution in [2.75, 3.05) is 13.2 Å². The maximum atomic E-state index is 11.4. The fourth-order valence-corrected chi connectivity index (χ4v) is 1.44. The zero-order valence-corrected chi connectivity index (χ0v) is 10.2. The largest absolute Gasteiger partial charge is 0.464 e. The minimum atomic E-state index is -0.548. The Bertz CT molecular complexity index is 182. The first kappa shape index (κ1) is 14.4. The van der Waals surface area contributed by atoms with Gasteiger partial charge in [0.15, 0.2) is 6.10 Å². The minimum absolute atomic E-state index is 0.322. The SMILES string of the molecule is CCOC(=O)C(C)OC(CC)(CC)CN. The lowest BCUT2D eigenvalue weighted by Gasteiger charge is -2.32. The van der Waals surface area contributed by atoms with Crippen molar-refractivity contribution in [1.29, 1.82) is 0 Å². The summed E-state index contributed by atoms with van der Waals surface area (Å²) in [6, 6.07) is 0. The topological polar surface area (TPSA) is 61.5 Å². The molecular formula is C11H23NO3. The normalized spacial score (nSPS) is 13.7. The molecule has 0 spiro atoms. The second-order valence-corrected chi connectivity index (χ2v) is 3.61. The Morgan fingerprint density at radius 1 is 1.33 bits per heavy atom. The third kappa shape index (κ3) is 4.18. The van der Waals surface area contributed by atoms with Crippen molar-refractivity contribution in [3.8, 4) is 0 Å². The molecule has 0 fully saturated rings. The first-order chi connectivity index (χ1) is 7.05. The van der Waals surface area contributed by atoms with Crippen LogP contribution in [-0.4, -0.2) is 30.8 Å². The van der Waals surface area contributed by atoms with Crippen LogP contribution >= 0.6 is 0 Å². The van der Waals surface area contributed by atoms with Crippen LogP contribution in [0.1, 0.15) is 40.5 Å².